The Hall–Kier alpha value is -2.36. The van der Waals surface area contributed by atoms with E-state index in [1.807, 2.05) is 0 Å². The number of hydrogen-bond acceptors (Lipinski definition) is 6. The zero-order chi connectivity index (χ0) is 16.1. The Bertz CT molecular complexity index is 480. The van der Waals surface area contributed by atoms with E-state index >= 15 is 0 Å². The maximum atomic E-state index is 8.25. The second kappa shape index (κ2) is 11.5. The van der Waals surface area contributed by atoms with Crippen molar-refractivity contribution in [3.8, 4) is 0 Å². The molecule has 0 aliphatic rings. The van der Waals surface area contributed by atoms with Crippen molar-refractivity contribution in [2.45, 2.75) is 0 Å². The Labute approximate surface area is 130 Å². The maximum absolute atomic E-state index is 8.25. The summed E-state index contributed by atoms with van der Waals surface area (Å²) in [6.45, 7) is 0. The van der Waals surface area contributed by atoms with Crippen LogP contribution >= 0.6 is 0 Å². The molecule has 108 valence electrons. The molecular weight excluding hydrogens is 387 g/mol. The molecule has 2 rings (SSSR count). The van der Waals surface area contributed by atoms with E-state index < -0.39 is 31.3 Å². The summed E-state index contributed by atoms with van der Waals surface area (Å²) < 4.78 is 3.08. The Morgan fingerprint density at radius 3 is 1.10 bits per heavy atom. The molecule has 0 heterocycles. The van der Waals surface area contributed by atoms with Crippen LogP contribution in [0.3, 0.4) is 0 Å². The molecule has 0 saturated carbocycles. The van der Waals surface area contributed by atoms with Gasteiger partial charge in [-0.2, -0.15) is 0 Å². The van der Waals surface area contributed by atoms with E-state index in [2.05, 4.69) is 60.7 Å². The van der Waals surface area contributed by atoms with Gasteiger partial charge in [-0.1, -0.05) is 0 Å². The van der Waals surface area contributed by atoms with Crippen LogP contribution in [-0.4, -0.2) is 31.3 Å². The molecule has 21 heavy (non-hydrogen) atoms. The first kappa shape index (κ1) is 18.6. The van der Waals surface area contributed by atoms with Crippen molar-refractivity contribution in [1.29, 1.82) is 0 Å². The summed E-state index contributed by atoms with van der Waals surface area (Å²) in [5.41, 5.74) is 0. The Morgan fingerprint density at radius 1 is 0.619 bits per heavy atom. The molecule has 0 amide bonds. The van der Waals surface area contributed by atoms with E-state index in [4.69, 9.17) is 30.6 Å². The predicted octanol–water partition coefficient (Wildman–Crippen LogP) is 0.863. The summed E-state index contributed by atoms with van der Waals surface area (Å²) in [5.74, 6) is 0. The number of hydrogen-bond donors (Lipinski definition) is 0. The molecule has 0 radical (unpaired) electrons. The molecule has 2 aromatic carbocycles. The summed E-state index contributed by atoms with van der Waals surface area (Å²) in [5, 5.41) is 29.5. The van der Waals surface area contributed by atoms with Gasteiger partial charge in [0.2, 0.25) is 0 Å². The van der Waals surface area contributed by atoms with Crippen molar-refractivity contribution in [2.24, 2.45) is 0 Å². The molecule has 0 aliphatic carbocycles. The first-order valence-electron chi connectivity index (χ1n) is 5.42. The third-order valence-corrected chi connectivity index (χ3v) is 5.39. The van der Waals surface area contributed by atoms with Crippen LogP contribution in [0.1, 0.15) is 0 Å². The average Bonchev–Trinajstić information content (AvgIpc) is 2.40. The third kappa shape index (κ3) is 13.9. The molecule has 0 fully saturated rings. The van der Waals surface area contributed by atoms with Gasteiger partial charge in [0.05, 0.1) is 10.2 Å². The van der Waals surface area contributed by atoms with Crippen LogP contribution in [0.4, 0.5) is 0 Å². The van der Waals surface area contributed by atoms with E-state index in [0.717, 1.165) is 0 Å². The molecule has 0 atom stereocenters. The average molecular weight is 397 g/mol. The molecule has 0 spiro atoms. The van der Waals surface area contributed by atoms with Gasteiger partial charge in [-0.05, 0) is 0 Å². The van der Waals surface area contributed by atoms with Crippen molar-refractivity contribution < 1.29 is 10.2 Å². The van der Waals surface area contributed by atoms with Crippen LogP contribution < -0.4 is 7.16 Å². The summed E-state index contributed by atoms with van der Waals surface area (Å²) >= 11 is -0.517. The minimum atomic E-state index is -1.75. The molecule has 8 nitrogen and oxygen atoms in total. The number of benzene rings is 2. The Balaban J connectivity index is 0.000000421. The molecule has 0 aliphatic heterocycles. The van der Waals surface area contributed by atoms with Gasteiger partial charge in [0.15, 0.2) is 0 Å². The van der Waals surface area contributed by atoms with Gasteiger partial charge >= 0.3 is 89.0 Å². The van der Waals surface area contributed by atoms with Gasteiger partial charge in [-0.3, -0.25) is 0 Å². The van der Waals surface area contributed by atoms with Gasteiger partial charge in [0.1, 0.15) is 0 Å². The second-order valence-corrected chi connectivity index (χ2v) is 7.31. The SMILES string of the molecule is O=[N+]([O-])[O-].O=[N+]([O-])[O-].c1cc[c]([Sn+2][c]2ccccc2)cc1. The van der Waals surface area contributed by atoms with E-state index in [1.54, 1.807) is 0 Å². The van der Waals surface area contributed by atoms with E-state index in [9.17, 15) is 0 Å². The van der Waals surface area contributed by atoms with Gasteiger partial charge in [-0.25, -0.2) is 0 Å². The first-order chi connectivity index (χ1) is 9.91. The standard InChI is InChI=1S/2C6H5.2NO3.Sn/c2*1-2-4-6-5-3-1;2*2-1(3)4;/h2*1-5H;;;/q;;2*-1;+2. The van der Waals surface area contributed by atoms with Crippen LogP contribution in [0.5, 0.6) is 0 Å². The van der Waals surface area contributed by atoms with E-state index in [1.165, 1.54) is 7.16 Å². The third-order valence-electron chi connectivity index (χ3n) is 1.84. The Kier molecular flexibility index (Phi) is 10.2. The molecule has 0 N–H and O–H groups in total. The topological polar surface area (TPSA) is 132 Å². The summed E-state index contributed by atoms with van der Waals surface area (Å²) in [6, 6.07) is 21.6. The van der Waals surface area contributed by atoms with Gasteiger partial charge in [-0.15, -0.1) is 0 Å². The van der Waals surface area contributed by atoms with Gasteiger partial charge in [0.25, 0.3) is 0 Å². The Morgan fingerprint density at radius 2 is 0.857 bits per heavy atom. The zero-order valence-corrected chi connectivity index (χ0v) is 13.5. The van der Waals surface area contributed by atoms with Crippen LogP contribution in [0.25, 0.3) is 0 Å². The monoisotopic (exact) mass is 398 g/mol. The van der Waals surface area contributed by atoms with E-state index in [0.29, 0.717) is 0 Å². The molecule has 0 unspecified atom stereocenters. The quantitative estimate of drug-likeness (QED) is 0.420. The van der Waals surface area contributed by atoms with Gasteiger partial charge in [0, 0.05) is 0 Å². The predicted molar refractivity (Wildman–Crippen MR) is 78.6 cm³/mol. The summed E-state index contributed by atoms with van der Waals surface area (Å²) in [4.78, 5) is 16.5. The fourth-order valence-electron chi connectivity index (χ4n) is 1.21. The van der Waals surface area contributed by atoms with Crippen molar-refractivity contribution >= 4 is 28.3 Å². The fraction of sp³-hybridized carbons (Fsp3) is 0. The van der Waals surface area contributed by atoms with Crippen molar-refractivity contribution in [3.05, 3.63) is 91.3 Å². The molecule has 0 bridgehead atoms. The van der Waals surface area contributed by atoms with Crippen LogP contribution in [0.15, 0.2) is 60.7 Å². The van der Waals surface area contributed by atoms with Crippen molar-refractivity contribution in [2.75, 3.05) is 0 Å². The summed E-state index contributed by atoms with van der Waals surface area (Å²) in [7, 11) is 0. The van der Waals surface area contributed by atoms with Crippen LogP contribution in [-0.2, 0) is 0 Å². The van der Waals surface area contributed by atoms with E-state index in [-0.39, 0.29) is 0 Å². The minimum absolute atomic E-state index is 0.517. The van der Waals surface area contributed by atoms with Crippen molar-refractivity contribution in [3.63, 3.8) is 0 Å². The summed E-state index contributed by atoms with van der Waals surface area (Å²) in [6.07, 6.45) is 0. The second-order valence-electron chi connectivity index (χ2n) is 3.30. The molecule has 2 aromatic rings. The molecule has 0 saturated heterocycles. The zero-order valence-electron chi connectivity index (χ0n) is 10.6. The fourth-order valence-corrected chi connectivity index (χ4v) is 4.21. The first-order valence-corrected chi connectivity index (χ1v) is 8.27. The van der Waals surface area contributed by atoms with Crippen molar-refractivity contribution in [1.82, 2.24) is 0 Å². The van der Waals surface area contributed by atoms with Gasteiger partial charge < -0.3 is 30.6 Å². The molecule has 0 aromatic heterocycles. The number of nitrogens with zero attached hydrogens (tertiary/aromatic N) is 2. The van der Waals surface area contributed by atoms with Crippen LogP contribution in [0, 0.1) is 30.6 Å². The molecule has 9 heteroatoms. The van der Waals surface area contributed by atoms with Crippen LogP contribution in [0.2, 0.25) is 0 Å². The number of rotatable bonds is 2. The normalized spacial score (nSPS) is 8.00. The molecular formula is C12H10N2O6Sn.